The van der Waals surface area contributed by atoms with E-state index >= 15 is 0 Å². The number of allylic oxidation sites excluding steroid dienone is 2. The molecule has 3 nitrogen and oxygen atoms in total. The predicted octanol–water partition coefficient (Wildman–Crippen LogP) is 1.65. The first-order valence-electron chi connectivity index (χ1n) is 2.98. The van der Waals surface area contributed by atoms with E-state index in [0.29, 0.717) is 0 Å². The Morgan fingerprint density at radius 2 is 2.00 bits per heavy atom. The summed E-state index contributed by atoms with van der Waals surface area (Å²) in [5.41, 5.74) is 0. The highest BCUT2D eigenvalue weighted by atomic mass is 32.2. The number of rotatable bonds is 2. The van der Waals surface area contributed by atoms with Crippen molar-refractivity contribution >= 4 is 10.9 Å². The second-order valence-electron chi connectivity index (χ2n) is 2.05. The quantitative estimate of drug-likeness (QED) is 0.378. The molecule has 1 unspecified atom stereocenters. The molecule has 56 valence electrons. The van der Waals surface area contributed by atoms with E-state index in [1.165, 1.54) is 0 Å². The third-order valence-electron chi connectivity index (χ3n) is 1.36. The molecule has 0 spiro atoms. The molecular weight excluding hydrogens is 150 g/mol. The van der Waals surface area contributed by atoms with E-state index in [4.69, 9.17) is 0 Å². The van der Waals surface area contributed by atoms with Crippen LogP contribution in [0.15, 0.2) is 23.0 Å². The van der Waals surface area contributed by atoms with Crippen LogP contribution in [0.1, 0.15) is 6.92 Å². The van der Waals surface area contributed by atoms with Crippen molar-refractivity contribution in [1.29, 1.82) is 0 Å². The van der Waals surface area contributed by atoms with E-state index in [1.807, 2.05) is 23.0 Å². The Morgan fingerprint density at radius 1 is 1.50 bits per heavy atom. The summed E-state index contributed by atoms with van der Waals surface area (Å²) in [6.07, 6.45) is 3.73. The molecule has 1 aliphatic rings. The lowest BCUT2D eigenvalue weighted by Crippen LogP contribution is -2.12. The zero-order valence-corrected chi connectivity index (χ0v) is 6.49. The van der Waals surface area contributed by atoms with Gasteiger partial charge in [-0.15, -0.1) is 10.9 Å². The number of hydrogen-bond acceptors (Lipinski definition) is 2. The molecule has 1 atom stereocenters. The Labute approximate surface area is 61.9 Å². The summed E-state index contributed by atoms with van der Waals surface area (Å²) < 4.78 is 0. The maximum atomic E-state index is 10.2. The highest BCUT2D eigenvalue weighted by molar-refractivity contribution is 8.22. The first-order chi connectivity index (χ1) is 4.72. The molecule has 1 aliphatic heterocycles. The number of nitrogens with zero attached hydrogens (tertiary/aromatic N) is 1. The second kappa shape index (κ2) is 2.88. The van der Waals surface area contributed by atoms with Gasteiger partial charge in [-0.25, -0.2) is 0 Å². The molecule has 0 radical (unpaired) electrons. The summed E-state index contributed by atoms with van der Waals surface area (Å²) in [6, 6.07) is 0. The first kappa shape index (κ1) is 7.34. The Balaban J connectivity index is 2.57. The molecular formula is C6H9NO2S. The minimum Gasteiger partial charge on any atom is -0.263 e. The minimum atomic E-state index is -0.606. The van der Waals surface area contributed by atoms with Gasteiger partial charge in [0, 0.05) is 11.8 Å². The van der Waals surface area contributed by atoms with Crippen molar-refractivity contribution in [3.8, 4) is 0 Å². The molecule has 0 aromatic carbocycles. The van der Waals surface area contributed by atoms with Crippen molar-refractivity contribution in [1.82, 2.24) is 0 Å². The van der Waals surface area contributed by atoms with Crippen molar-refractivity contribution in [3.05, 3.63) is 33.1 Å². The van der Waals surface area contributed by atoms with Gasteiger partial charge in [0.25, 0.3) is 0 Å². The number of nitro groups is 1. The maximum absolute atomic E-state index is 10.2. The van der Waals surface area contributed by atoms with E-state index in [9.17, 15) is 10.1 Å². The average Bonchev–Trinajstić information content (AvgIpc) is 2.36. The van der Waals surface area contributed by atoms with Crippen LogP contribution >= 0.6 is 10.9 Å². The molecule has 0 aromatic rings. The Morgan fingerprint density at radius 3 is 2.40 bits per heavy atom. The summed E-state index contributed by atoms with van der Waals surface area (Å²) in [7, 11) is -0.606. The van der Waals surface area contributed by atoms with Crippen molar-refractivity contribution in [2.45, 2.75) is 12.3 Å². The molecule has 0 aliphatic carbocycles. The van der Waals surface area contributed by atoms with E-state index in [-0.39, 0.29) is 4.92 Å². The molecule has 0 saturated carbocycles. The lowest BCUT2D eigenvalue weighted by Gasteiger charge is -2.10. The molecule has 1 rings (SSSR count). The lowest BCUT2D eigenvalue weighted by molar-refractivity contribution is -0.491. The van der Waals surface area contributed by atoms with Gasteiger partial charge < -0.3 is 0 Å². The van der Waals surface area contributed by atoms with Crippen LogP contribution in [0.2, 0.25) is 0 Å². The molecule has 0 fully saturated rings. The summed E-state index contributed by atoms with van der Waals surface area (Å²) in [6.45, 7) is 1.64. The van der Waals surface area contributed by atoms with E-state index in [1.54, 1.807) is 6.92 Å². The summed E-state index contributed by atoms with van der Waals surface area (Å²) in [5.74, 6) is 0. The predicted molar refractivity (Wildman–Crippen MR) is 43.7 cm³/mol. The zero-order chi connectivity index (χ0) is 7.56. The molecule has 4 heteroatoms. The van der Waals surface area contributed by atoms with Gasteiger partial charge in [0.2, 0.25) is 5.37 Å². The van der Waals surface area contributed by atoms with Gasteiger partial charge in [0.05, 0.1) is 0 Å². The molecule has 10 heavy (non-hydrogen) atoms. The van der Waals surface area contributed by atoms with Crippen LogP contribution in [0.5, 0.6) is 0 Å². The molecule has 0 saturated heterocycles. The largest absolute Gasteiger partial charge is 0.263 e. The fourth-order valence-corrected chi connectivity index (χ4v) is 2.12. The Hall–Kier alpha value is -0.770. The van der Waals surface area contributed by atoms with Crippen LogP contribution < -0.4 is 0 Å². The van der Waals surface area contributed by atoms with Crippen LogP contribution in [0.25, 0.3) is 0 Å². The highest BCUT2D eigenvalue weighted by Crippen LogP contribution is 2.37. The van der Waals surface area contributed by atoms with Crippen LogP contribution in [0.3, 0.4) is 0 Å². The summed E-state index contributed by atoms with van der Waals surface area (Å²) in [4.78, 5) is 10.0. The fourth-order valence-electron chi connectivity index (χ4n) is 0.706. The molecule has 0 amide bonds. The summed E-state index contributed by atoms with van der Waals surface area (Å²) in [5, 5.41) is 13.6. The normalized spacial score (nSPS) is 21.5. The van der Waals surface area contributed by atoms with Gasteiger partial charge in [0.1, 0.15) is 0 Å². The van der Waals surface area contributed by atoms with Gasteiger partial charge in [-0.1, -0.05) is 12.2 Å². The Kier molecular flexibility index (Phi) is 2.11. The molecule has 0 N–H and O–H groups in total. The van der Waals surface area contributed by atoms with Crippen LogP contribution in [-0.4, -0.2) is 10.3 Å². The highest BCUT2D eigenvalue weighted by Gasteiger charge is 2.18. The Bertz CT molecular complexity index is 188. The number of thiol groups is 1. The third-order valence-corrected chi connectivity index (χ3v) is 3.45. The van der Waals surface area contributed by atoms with Crippen molar-refractivity contribution < 1.29 is 4.92 Å². The van der Waals surface area contributed by atoms with E-state index in [0.717, 1.165) is 0 Å². The second-order valence-corrected chi connectivity index (χ2v) is 4.29. The SMILES string of the molecule is CC([N+](=O)[O-])[SH]1C=CC=C1. The van der Waals surface area contributed by atoms with Crippen LogP contribution in [-0.2, 0) is 0 Å². The van der Waals surface area contributed by atoms with Gasteiger partial charge >= 0.3 is 0 Å². The van der Waals surface area contributed by atoms with Crippen molar-refractivity contribution in [2.24, 2.45) is 0 Å². The summed E-state index contributed by atoms with van der Waals surface area (Å²) >= 11 is 0. The topological polar surface area (TPSA) is 43.1 Å². The third kappa shape index (κ3) is 1.39. The van der Waals surface area contributed by atoms with Gasteiger partial charge in [-0.2, -0.15) is 0 Å². The van der Waals surface area contributed by atoms with E-state index < -0.39 is 16.3 Å². The maximum Gasteiger partial charge on any atom is 0.244 e. The molecule has 0 bridgehead atoms. The van der Waals surface area contributed by atoms with Crippen molar-refractivity contribution in [2.75, 3.05) is 0 Å². The van der Waals surface area contributed by atoms with Crippen molar-refractivity contribution in [3.63, 3.8) is 0 Å². The monoisotopic (exact) mass is 159 g/mol. The van der Waals surface area contributed by atoms with E-state index in [2.05, 4.69) is 0 Å². The smallest absolute Gasteiger partial charge is 0.244 e. The van der Waals surface area contributed by atoms with Crippen LogP contribution in [0.4, 0.5) is 0 Å². The molecule has 1 heterocycles. The fraction of sp³-hybridized carbons (Fsp3) is 0.333. The van der Waals surface area contributed by atoms with Crippen LogP contribution in [0, 0.1) is 10.1 Å². The van der Waals surface area contributed by atoms with Gasteiger partial charge in [-0.05, 0) is 10.8 Å². The standard InChI is InChI=1S/C6H9NO2S/c1-6(7(8)9)10-4-2-3-5-10/h2-6,10H,1H3. The zero-order valence-electron chi connectivity index (χ0n) is 5.60. The average molecular weight is 159 g/mol. The minimum absolute atomic E-state index is 0.230. The lowest BCUT2D eigenvalue weighted by atomic mass is 10.6. The number of hydrogen-bond donors (Lipinski definition) is 1. The molecule has 0 aromatic heterocycles. The van der Waals surface area contributed by atoms with Gasteiger partial charge in [0.15, 0.2) is 0 Å². The van der Waals surface area contributed by atoms with Gasteiger partial charge in [-0.3, -0.25) is 10.1 Å². The first-order valence-corrected chi connectivity index (χ1v) is 4.52.